The van der Waals surface area contributed by atoms with Gasteiger partial charge < -0.3 is 50.2 Å². The van der Waals surface area contributed by atoms with E-state index in [0.29, 0.717) is 78.5 Å². The first kappa shape index (κ1) is 53.3. The van der Waals surface area contributed by atoms with Crippen molar-refractivity contribution in [2.75, 3.05) is 127 Å². The fraction of sp³-hybridized carbons (Fsp3) is 0.423. The molecule has 20 nitrogen and oxygen atoms in total. The average Bonchev–Trinajstić information content (AvgIpc) is 3.43. The van der Waals surface area contributed by atoms with Crippen molar-refractivity contribution in [1.29, 1.82) is 0 Å². The van der Waals surface area contributed by atoms with E-state index >= 15 is 0 Å². The number of rotatable bonds is 12. The number of para-hydroxylation sites is 2. The van der Waals surface area contributed by atoms with Gasteiger partial charge >= 0.3 is 11.9 Å². The van der Waals surface area contributed by atoms with E-state index in [0.717, 1.165) is 21.5 Å². The summed E-state index contributed by atoms with van der Waals surface area (Å²) in [7, 11) is 2.66. The zero-order valence-corrected chi connectivity index (χ0v) is 43.0. The van der Waals surface area contributed by atoms with Crippen molar-refractivity contribution in [3.63, 3.8) is 0 Å². The molecule has 4 aromatic carbocycles. The van der Waals surface area contributed by atoms with Crippen molar-refractivity contribution in [2.45, 2.75) is 37.8 Å². The maximum absolute atomic E-state index is 14.5. The predicted molar refractivity (Wildman–Crippen MR) is 279 cm³/mol. The van der Waals surface area contributed by atoms with Gasteiger partial charge in [0.25, 0.3) is 11.8 Å². The third-order valence-corrected chi connectivity index (χ3v) is 14.7. The van der Waals surface area contributed by atoms with E-state index < -0.39 is 35.8 Å². The van der Waals surface area contributed by atoms with Gasteiger partial charge in [0.2, 0.25) is 11.8 Å². The fourth-order valence-corrected chi connectivity index (χ4v) is 10.1. The van der Waals surface area contributed by atoms with E-state index in [1.807, 2.05) is 80.3 Å². The number of halogens is 2. The molecule has 22 heteroatoms. The first-order valence-corrected chi connectivity index (χ1v) is 25.4. The van der Waals surface area contributed by atoms with E-state index in [1.54, 1.807) is 0 Å². The average molecular weight is 1060 g/mol. The number of likely N-dealkylation sites (tertiary alicyclic amines) is 2. The smallest absolute Gasteiger partial charge is 0.444 e. The van der Waals surface area contributed by atoms with Crippen molar-refractivity contribution in [3.8, 4) is 11.5 Å². The Labute approximate surface area is 439 Å². The summed E-state index contributed by atoms with van der Waals surface area (Å²) in [5.74, 6) is -4.95. The molecule has 8 rings (SSSR count). The van der Waals surface area contributed by atoms with Gasteiger partial charge in [-0.3, -0.25) is 29.0 Å². The van der Waals surface area contributed by atoms with E-state index in [-0.39, 0.29) is 94.6 Å². The second kappa shape index (κ2) is 24.4. The van der Waals surface area contributed by atoms with Gasteiger partial charge in [0, 0.05) is 102 Å². The molecule has 0 aromatic heterocycles. The van der Waals surface area contributed by atoms with Crippen LogP contribution in [0, 0.1) is 0 Å². The minimum absolute atomic E-state index is 0.0231. The maximum Gasteiger partial charge on any atom is 0.444 e. The summed E-state index contributed by atoms with van der Waals surface area (Å²) >= 11 is 12.8. The third-order valence-electron chi connectivity index (χ3n) is 14.0. The Balaban J connectivity index is 0.942. The van der Waals surface area contributed by atoms with Gasteiger partial charge in [-0.05, 0) is 62.1 Å². The lowest BCUT2D eigenvalue weighted by molar-refractivity contribution is -0.215. The first-order valence-electron chi connectivity index (χ1n) is 24.7. The molecule has 4 fully saturated rings. The quantitative estimate of drug-likeness (QED) is 0.115. The summed E-state index contributed by atoms with van der Waals surface area (Å²) in [6.07, 6.45) is 0.950. The molecule has 4 N–H and O–H groups in total. The number of carbonyl (C=O) groups is 6. The monoisotopic (exact) mass is 1060 g/mol. The number of methoxy groups -OCH3 is 2. The lowest BCUT2D eigenvalue weighted by atomic mass is 10.0. The highest BCUT2D eigenvalue weighted by molar-refractivity contribution is 6.34. The molecule has 4 amide bonds. The molecular formula is C52H62Cl2N10O10. The Kier molecular flexibility index (Phi) is 17.5. The van der Waals surface area contributed by atoms with E-state index in [4.69, 9.17) is 53.8 Å². The number of nitrogens with zero attached hydrogens (tertiary/aromatic N) is 8. The molecule has 0 bridgehead atoms. The summed E-state index contributed by atoms with van der Waals surface area (Å²) in [5, 5.41) is 1.65. The van der Waals surface area contributed by atoms with E-state index in [9.17, 15) is 28.8 Å². The summed E-state index contributed by atoms with van der Waals surface area (Å²) in [4.78, 5) is 108. The second-order valence-electron chi connectivity index (χ2n) is 18.6. The van der Waals surface area contributed by atoms with Gasteiger partial charge in [-0.25, -0.2) is 9.59 Å². The van der Waals surface area contributed by atoms with Crippen LogP contribution in [-0.2, 0) is 28.9 Å². The van der Waals surface area contributed by atoms with Crippen LogP contribution < -0.4 is 30.7 Å². The highest BCUT2D eigenvalue weighted by Crippen LogP contribution is 2.34. The molecule has 4 aliphatic heterocycles. The molecule has 0 radical (unpaired) electrons. The van der Waals surface area contributed by atoms with Gasteiger partial charge in [-0.2, -0.15) is 10.1 Å². The van der Waals surface area contributed by atoms with Crippen LogP contribution >= 0.6 is 23.2 Å². The van der Waals surface area contributed by atoms with Crippen LogP contribution in [0.2, 0.25) is 10.0 Å². The molecule has 4 aromatic rings. The van der Waals surface area contributed by atoms with Crippen LogP contribution in [0.25, 0.3) is 0 Å². The van der Waals surface area contributed by atoms with Gasteiger partial charge in [-0.1, -0.05) is 59.6 Å². The van der Waals surface area contributed by atoms with Gasteiger partial charge in [0.05, 0.1) is 71.9 Å². The van der Waals surface area contributed by atoms with Crippen LogP contribution in [0.15, 0.2) is 84.9 Å². The number of anilines is 4. The number of hydrogen-bond donors (Lipinski definition) is 2. The Hall–Kier alpha value is -7.00. The van der Waals surface area contributed by atoms with Gasteiger partial charge in [0.1, 0.15) is 11.5 Å². The van der Waals surface area contributed by atoms with Crippen LogP contribution in [0.1, 0.15) is 46.4 Å². The number of amides is 4. The number of hydrogen-bond acceptors (Lipinski definition) is 16. The van der Waals surface area contributed by atoms with Gasteiger partial charge in [-0.15, -0.1) is 0 Å². The molecule has 394 valence electrons. The maximum atomic E-state index is 14.5. The number of ether oxygens (including phenoxy) is 2. The molecule has 74 heavy (non-hydrogen) atoms. The molecule has 0 aliphatic carbocycles. The minimum Gasteiger partial charge on any atom is -0.496 e. The standard InChI is InChI=1S/C52H62Cl2N10O10/c1-71-45-31-43(55)41(53)29-39(45)49(67)63(37-13-17-57(18-14-37)33-47(65)61-25-21-59(22-26-61)35-9-5-3-6-10-35)73-51(69)52(70)74-64(50(68)40-30-42(54)44(56)32-46(40)72-2)38-15-19-58(20-16-38)34-48(66)62-27-23-60(24-28-62)36-11-7-4-8-12-36/h3-12,29-32,37-38H,13-28,33-34,55-56H2,1-2H3. The zero-order valence-electron chi connectivity index (χ0n) is 41.5. The molecule has 0 atom stereocenters. The molecular weight excluding hydrogens is 996 g/mol. The lowest BCUT2D eigenvalue weighted by Crippen LogP contribution is -2.54. The molecule has 0 spiro atoms. The zero-order chi connectivity index (χ0) is 52.5. The number of nitrogens with two attached hydrogens (primary N) is 2. The molecule has 4 saturated heterocycles. The van der Waals surface area contributed by atoms with Crippen molar-refractivity contribution in [2.24, 2.45) is 0 Å². The lowest BCUT2D eigenvalue weighted by Gasteiger charge is -2.39. The fourth-order valence-electron chi connectivity index (χ4n) is 9.78. The Morgan fingerprint density at radius 1 is 0.514 bits per heavy atom. The van der Waals surface area contributed by atoms with Crippen molar-refractivity contribution >= 4 is 81.5 Å². The highest BCUT2D eigenvalue weighted by Gasteiger charge is 2.40. The number of piperazine rings is 2. The Bertz CT molecular complexity index is 2480. The van der Waals surface area contributed by atoms with Crippen LogP contribution in [0.5, 0.6) is 11.5 Å². The van der Waals surface area contributed by atoms with Crippen molar-refractivity contribution in [1.82, 2.24) is 29.7 Å². The summed E-state index contributed by atoms with van der Waals surface area (Å²) in [5.41, 5.74) is 14.3. The highest BCUT2D eigenvalue weighted by atomic mass is 35.5. The third kappa shape index (κ3) is 12.7. The summed E-state index contributed by atoms with van der Waals surface area (Å²) in [6.45, 7) is 6.76. The van der Waals surface area contributed by atoms with Crippen LogP contribution in [0.3, 0.4) is 0 Å². The number of carbonyl (C=O) groups excluding carboxylic acids is 6. The van der Waals surface area contributed by atoms with Crippen molar-refractivity contribution < 1.29 is 47.9 Å². The Morgan fingerprint density at radius 3 is 1.18 bits per heavy atom. The topological polar surface area (TPSA) is 217 Å². The summed E-state index contributed by atoms with van der Waals surface area (Å²) < 4.78 is 10.9. The van der Waals surface area contributed by atoms with Crippen LogP contribution in [-0.4, -0.2) is 183 Å². The normalized spacial score (nSPS) is 17.1. The minimum atomic E-state index is -1.61. The summed E-state index contributed by atoms with van der Waals surface area (Å²) in [6, 6.07) is 23.8. The predicted octanol–water partition coefficient (Wildman–Crippen LogP) is 4.30. The van der Waals surface area contributed by atoms with E-state index in [1.165, 1.54) is 38.5 Å². The molecule has 4 aliphatic rings. The van der Waals surface area contributed by atoms with E-state index in [2.05, 4.69) is 9.80 Å². The molecule has 0 unspecified atom stereocenters. The SMILES string of the molecule is COc1cc(N)c(Cl)cc1C(=O)N(OC(=O)C(=O)ON(C(=O)c1cc(Cl)c(N)cc1OC)C1CCN(CC(=O)N2CCN(c3ccccc3)CC2)CC1)C1CCN(CC(=O)N2CCN(c3ccccc3)CC2)CC1. The molecule has 4 heterocycles. The Morgan fingerprint density at radius 2 is 0.851 bits per heavy atom. The van der Waals surface area contributed by atoms with Crippen molar-refractivity contribution in [3.05, 3.63) is 106 Å². The molecule has 0 saturated carbocycles. The largest absolute Gasteiger partial charge is 0.496 e. The number of hydroxylamine groups is 4. The second-order valence-corrected chi connectivity index (χ2v) is 19.4. The number of benzene rings is 4. The van der Waals surface area contributed by atoms with Gasteiger partial charge in [0.15, 0.2) is 0 Å². The van der Waals surface area contributed by atoms with Crippen LogP contribution in [0.4, 0.5) is 22.7 Å². The number of piperidine rings is 2. The number of nitrogen functional groups attached to an aromatic ring is 2. The first-order chi connectivity index (χ1) is 35.7.